The maximum Gasteiger partial charge on any atom is 0.321 e. The fourth-order valence-electron chi connectivity index (χ4n) is 1.86. The Morgan fingerprint density at radius 3 is 2.74 bits per heavy atom. The summed E-state index contributed by atoms with van der Waals surface area (Å²) >= 11 is 0. The predicted octanol–water partition coefficient (Wildman–Crippen LogP) is 3.50. The molecule has 2 amide bonds. The maximum absolute atomic E-state index is 12.1. The molecule has 0 radical (unpaired) electrons. The van der Waals surface area contributed by atoms with E-state index in [1.165, 1.54) is 4.90 Å². The minimum Gasteiger partial charge on any atom is -0.327 e. The van der Waals surface area contributed by atoms with Crippen LogP contribution >= 0.6 is 0 Å². The lowest BCUT2D eigenvalue weighted by Crippen LogP contribution is -2.32. The van der Waals surface area contributed by atoms with Crippen LogP contribution in [-0.4, -0.2) is 24.5 Å². The number of hydrogen-bond donors (Lipinski definition) is 1. The first kappa shape index (κ1) is 15.0. The first-order valence-electron chi connectivity index (χ1n) is 6.46. The number of carbonyl (C=O) groups excluding carboxylic acids is 1. The molecule has 0 atom stereocenters. The lowest BCUT2D eigenvalue weighted by molar-refractivity contribution is 0.223. The highest BCUT2D eigenvalue weighted by Gasteiger charge is 2.14. The van der Waals surface area contributed by atoms with Crippen LogP contribution in [0.15, 0.2) is 18.2 Å². The highest BCUT2D eigenvalue weighted by Crippen LogP contribution is 2.27. The van der Waals surface area contributed by atoms with E-state index in [9.17, 15) is 4.79 Å². The summed E-state index contributed by atoms with van der Waals surface area (Å²) in [5, 5.41) is 11.5. The van der Waals surface area contributed by atoms with Gasteiger partial charge in [0.25, 0.3) is 0 Å². The van der Waals surface area contributed by atoms with Crippen LogP contribution in [0.25, 0.3) is 0 Å². The largest absolute Gasteiger partial charge is 0.327 e. The molecule has 4 heteroatoms. The summed E-state index contributed by atoms with van der Waals surface area (Å²) < 4.78 is 0. The number of nitrogens with zero attached hydrogens (tertiary/aromatic N) is 2. The molecule has 1 aromatic rings. The van der Waals surface area contributed by atoms with Gasteiger partial charge in [0.05, 0.1) is 12.5 Å². The first-order valence-corrected chi connectivity index (χ1v) is 6.46. The van der Waals surface area contributed by atoms with E-state index in [0.29, 0.717) is 18.9 Å². The molecular formula is C15H21N3O. The molecule has 19 heavy (non-hydrogen) atoms. The Balaban J connectivity index is 2.87. The third-order valence-electron chi connectivity index (χ3n) is 3.06. The Morgan fingerprint density at radius 2 is 2.16 bits per heavy atom. The summed E-state index contributed by atoms with van der Waals surface area (Å²) in [7, 11) is 1.69. The molecule has 1 rings (SSSR count). The molecule has 4 nitrogen and oxygen atoms in total. The van der Waals surface area contributed by atoms with E-state index in [0.717, 1.165) is 16.8 Å². The average Bonchev–Trinajstić information content (AvgIpc) is 2.37. The van der Waals surface area contributed by atoms with Crippen LogP contribution in [0.5, 0.6) is 0 Å². The number of nitriles is 1. The zero-order valence-electron chi connectivity index (χ0n) is 12.0. The topological polar surface area (TPSA) is 56.1 Å². The molecule has 0 unspecified atom stereocenters. The summed E-state index contributed by atoms with van der Waals surface area (Å²) in [6, 6.07) is 7.88. The summed E-state index contributed by atoms with van der Waals surface area (Å²) in [6.07, 6.45) is 0.342. The number of amides is 2. The molecule has 0 aliphatic heterocycles. The number of hydrogen-bond acceptors (Lipinski definition) is 2. The second-order valence-corrected chi connectivity index (χ2v) is 4.95. The van der Waals surface area contributed by atoms with Crippen LogP contribution in [0.1, 0.15) is 37.3 Å². The van der Waals surface area contributed by atoms with Gasteiger partial charge in [0, 0.05) is 19.3 Å². The monoisotopic (exact) mass is 259 g/mol. The fourth-order valence-corrected chi connectivity index (χ4v) is 1.86. The number of anilines is 1. The van der Waals surface area contributed by atoms with Crippen molar-refractivity contribution in [2.24, 2.45) is 0 Å². The van der Waals surface area contributed by atoms with Gasteiger partial charge in [0.2, 0.25) is 0 Å². The number of aryl methyl sites for hydroxylation is 1. The van der Waals surface area contributed by atoms with Gasteiger partial charge in [-0.2, -0.15) is 5.26 Å². The van der Waals surface area contributed by atoms with E-state index in [4.69, 9.17) is 5.26 Å². The zero-order chi connectivity index (χ0) is 14.4. The van der Waals surface area contributed by atoms with Gasteiger partial charge in [-0.3, -0.25) is 0 Å². The summed E-state index contributed by atoms with van der Waals surface area (Å²) in [4.78, 5) is 13.6. The molecule has 1 aromatic carbocycles. The normalized spacial score (nSPS) is 10.1. The minimum absolute atomic E-state index is 0.175. The molecule has 0 fully saturated rings. The van der Waals surface area contributed by atoms with Crippen LogP contribution in [-0.2, 0) is 0 Å². The average molecular weight is 259 g/mol. The quantitative estimate of drug-likeness (QED) is 0.899. The van der Waals surface area contributed by atoms with E-state index in [2.05, 4.69) is 19.2 Å². The Bertz CT molecular complexity index is 489. The first-order chi connectivity index (χ1) is 8.97. The Kier molecular flexibility index (Phi) is 5.37. The smallest absolute Gasteiger partial charge is 0.321 e. The molecule has 0 saturated carbocycles. The lowest BCUT2D eigenvalue weighted by Gasteiger charge is -2.20. The van der Waals surface area contributed by atoms with Crippen molar-refractivity contribution in [1.29, 1.82) is 5.26 Å². The van der Waals surface area contributed by atoms with Crippen LogP contribution in [0.4, 0.5) is 10.5 Å². The van der Waals surface area contributed by atoms with Crippen LogP contribution in [0.2, 0.25) is 0 Å². The zero-order valence-corrected chi connectivity index (χ0v) is 12.0. The molecular weight excluding hydrogens is 238 g/mol. The molecule has 0 saturated heterocycles. The minimum atomic E-state index is -0.175. The van der Waals surface area contributed by atoms with Crippen LogP contribution in [0.3, 0.4) is 0 Å². The van der Waals surface area contributed by atoms with Gasteiger partial charge in [-0.15, -0.1) is 0 Å². The van der Waals surface area contributed by atoms with Gasteiger partial charge in [-0.05, 0) is 24.0 Å². The molecule has 0 aliphatic rings. The van der Waals surface area contributed by atoms with E-state index in [1.54, 1.807) is 7.05 Å². The standard InChI is InChI=1S/C15H21N3O/c1-11(2)13-8-5-7-12(3)14(13)17-15(19)18(4)10-6-9-16/h5,7-8,11H,6,10H2,1-4H3,(H,17,19). The number of nitrogens with one attached hydrogen (secondary N) is 1. The van der Waals surface area contributed by atoms with E-state index >= 15 is 0 Å². The molecule has 1 N–H and O–H groups in total. The summed E-state index contributed by atoms with van der Waals surface area (Å²) in [6.45, 7) is 6.62. The molecule has 0 heterocycles. The van der Waals surface area contributed by atoms with Crippen molar-refractivity contribution < 1.29 is 4.79 Å². The molecule has 0 bridgehead atoms. The highest BCUT2D eigenvalue weighted by molar-refractivity contribution is 5.91. The van der Waals surface area contributed by atoms with Gasteiger partial charge in [0.15, 0.2) is 0 Å². The summed E-state index contributed by atoms with van der Waals surface area (Å²) in [5.41, 5.74) is 3.06. The lowest BCUT2D eigenvalue weighted by atomic mass is 9.98. The van der Waals surface area contributed by atoms with Crippen molar-refractivity contribution in [1.82, 2.24) is 4.90 Å². The van der Waals surface area contributed by atoms with Crippen LogP contribution in [0, 0.1) is 18.3 Å². The van der Waals surface area contributed by atoms with Gasteiger partial charge in [0.1, 0.15) is 0 Å². The van der Waals surface area contributed by atoms with Crippen molar-refractivity contribution >= 4 is 11.7 Å². The van der Waals surface area contributed by atoms with Crippen LogP contribution < -0.4 is 5.32 Å². The number of benzene rings is 1. The molecule has 0 aromatic heterocycles. The van der Waals surface area contributed by atoms with Crippen molar-refractivity contribution in [3.63, 3.8) is 0 Å². The van der Waals surface area contributed by atoms with Crippen molar-refractivity contribution in [3.05, 3.63) is 29.3 Å². The Hall–Kier alpha value is -2.02. The molecule has 0 aliphatic carbocycles. The third kappa shape index (κ3) is 3.99. The number of carbonyl (C=O) groups is 1. The van der Waals surface area contributed by atoms with Crippen molar-refractivity contribution in [3.8, 4) is 6.07 Å². The molecule has 102 valence electrons. The molecule has 0 spiro atoms. The maximum atomic E-state index is 12.1. The Morgan fingerprint density at radius 1 is 1.47 bits per heavy atom. The van der Waals surface area contributed by atoms with Crippen molar-refractivity contribution in [2.45, 2.75) is 33.1 Å². The van der Waals surface area contributed by atoms with Gasteiger partial charge in [-0.1, -0.05) is 32.0 Å². The SMILES string of the molecule is Cc1cccc(C(C)C)c1NC(=O)N(C)CCC#N. The van der Waals surface area contributed by atoms with E-state index in [-0.39, 0.29) is 6.03 Å². The van der Waals surface area contributed by atoms with Gasteiger partial charge >= 0.3 is 6.03 Å². The Labute approximate surface area is 115 Å². The second kappa shape index (κ2) is 6.79. The second-order valence-electron chi connectivity index (χ2n) is 4.95. The van der Waals surface area contributed by atoms with Gasteiger partial charge in [-0.25, -0.2) is 4.79 Å². The number of rotatable bonds is 4. The van der Waals surface area contributed by atoms with Crippen molar-refractivity contribution in [2.75, 3.05) is 18.9 Å². The highest BCUT2D eigenvalue weighted by atomic mass is 16.2. The van der Waals surface area contributed by atoms with E-state index in [1.807, 2.05) is 31.2 Å². The number of urea groups is 1. The number of para-hydroxylation sites is 1. The predicted molar refractivity (Wildman–Crippen MR) is 77.1 cm³/mol. The van der Waals surface area contributed by atoms with Gasteiger partial charge < -0.3 is 10.2 Å². The summed E-state index contributed by atoms with van der Waals surface area (Å²) in [5.74, 6) is 0.347. The van der Waals surface area contributed by atoms with E-state index < -0.39 is 0 Å². The fraction of sp³-hybridized carbons (Fsp3) is 0.467. The third-order valence-corrected chi connectivity index (χ3v) is 3.06.